The summed E-state index contributed by atoms with van der Waals surface area (Å²) in [6.07, 6.45) is 2.43. The lowest BCUT2D eigenvalue weighted by Gasteiger charge is -2.09. The molecule has 1 amide bonds. The van der Waals surface area contributed by atoms with Crippen LogP contribution in [-0.4, -0.2) is 40.5 Å². The molecule has 2 aromatic heterocycles. The average Bonchev–Trinajstić information content (AvgIpc) is 2.59. The molecule has 0 aliphatic heterocycles. The number of carbonyl (C=O) groups is 1. The summed E-state index contributed by atoms with van der Waals surface area (Å²) < 4.78 is 24.3. The van der Waals surface area contributed by atoms with Gasteiger partial charge in [0.05, 0.1) is 24.7 Å². The summed E-state index contributed by atoms with van der Waals surface area (Å²) in [5.74, 6) is -0.565. The van der Waals surface area contributed by atoms with Gasteiger partial charge < -0.3 is 16.8 Å². The maximum absolute atomic E-state index is 11.9. The van der Waals surface area contributed by atoms with Gasteiger partial charge in [0.2, 0.25) is 16.0 Å². The Labute approximate surface area is 154 Å². The summed E-state index contributed by atoms with van der Waals surface area (Å²) in [5, 5.41) is 3.08. The highest BCUT2D eigenvalue weighted by Crippen LogP contribution is 2.16. The van der Waals surface area contributed by atoms with Crippen LogP contribution in [0.25, 0.3) is 11.2 Å². The van der Waals surface area contributed by atoms with E-state index in [4.69, 9.17) is 11.5 Å². The molecule has 0 unspecified atom stereocenters. The monoisotopic (exact) mass is 388 g/mol. The zero-order chi connectivity index (χ0) is 19.6. The van der Waals surface area contributed by atoms with Crippen molar-refractivity contribution >= 4 is 44.5 Å². The summed E-state index contributed by atoms with van der Waals surface area (Å²) in [6, 6.07) is 6.38. The number of carbonyl (C=O) groups excluding carboxylic acids is 1. The van der Waals surface area contributed by atoms with Crippen LogP contribution in [-0.2, 0) is 16.6 Å². The zero-order valence-electron chi connectivity index (χ0n) is 14.2. The lowest BCUT2D eigenvalue weighted by Crippen LogP contribution is -2.29. The minimum absolute atomic E-state index is 0.0179. The first-order valence-corrected chi connectivity index (χ1v) is 9.51. The summed E-state index contributed by atoms with van der Waals surface area (Å²) in [6.45, 7) is 0.282. The van der Waals surface area contributed by atoms with E-state index in [0.29, 0.717) is 22.5 Å². The molecule has 0 spiro atoms. The molecule has 0 aliphatic rings. The molecule has 0 saturated heterocycles. The van der Waals surface area contributed by atoms with Crippen LogP contribution in [0, 0.1) is 0 Å². The zero-order valence-corrected chi connectivity index (χ0v) is 15.0. The van der Waals surface area contributed by atoms with Crippen LogP contribution in [0.15, 0.2) is 30.5 Å². The molecule has 1 aromatic carbocycles. The molecular formula is C15H16N8O3S. The van der Waals surface area contributed by atoms with Gasteiger partial charge in [-0.25, -0.2) is 23.1 Å². The Kier molecular flexibility index (Phi) is 4.73. The number of nitrogens with two attached hydrogens (primary N) is 2. The molecule has 2 heterocycles. The molecule has 140 valence electrons. The summed E-state index contributed by atoms with van der Waals surface area (Å²) in [7, 11) is -3.64. The number of fused-ring (bicyclic) bond motifs is 1. The Balaban J connectivity index is 1.76. The first-order chi connectivity index (χ1) is 12.7. The molecule has 3 aromatic rings. The summed E-state index contributed by atoms with van der Waals surface area (Å²) in [4.78, 5) is 28.2. The Morgan fingerprint density at radius 1 is 1.19 bits per heavy atom. The number of hydrogen-bond acceptors (Lipinski definition) is 10. The normalized spacial score (nSPS) is 11.3. The van der Waals surface area contributed by atoms with Crippen molar-refractivity contribution in [1.82, 2.24) is 24.7 Å². The van der Waals surface area contributed by atoms with Crippen molar-refractivity contribution in [2.75, 3.05) is 23.0 Å². The Morgan fingerprint density at radius 2 is 1.96 bits per heavy atom. The van der Waals surface area contributed by atoms with Gasteiger partial charge in [0.15, 0.2) is 17.0 Å². The molecule has 12 heteroatoms. The van der Waals surface area contributed by atoms with Crippen molar-refractivity contribution in [2.45, 2.75) is 6.54 Å². The van der Waals surface area contributed by atoms with Gasteiger partial charge in [-0.05, 0) is 18.2 Å². The second-order valence-electron chi connectivity index (χ2n) is 5.64. The largest absolute Gasteiger partial charge is 0.382 e. The second-order valence-corrected chi connectivity index (χ2v) is 7.39. The van der Waals surface area contributed by atoms with Gasteiger partial charge in [0, 0.05) is 11.3 Å². The molecule has 11 nitrogen and oxygen atoms in total. The van der Waals surface area contributed by atoms with Gasteiger partial charge in [-0.1, -0.05) is 6.07 Å². The van der Waals surface area contributed by atoms with Crippen molar-refractivity contribution in [3.8, 4) is 0 Å². The number of nitrogens with zero attached hydrogens (tertiary/aromatic N) is 4. The molecule has 0 atom stereocenters. The lowest BCUT2D eigenvalue weighted by molar-refractivity contribution is 0.0981. The van der Waals surface area contributed by atoms with Crippen LogP contribution < -0.4 is 21.5 Å². The fourth-order valence-electron chi connectivity index (χ4n) is 2.26. The summed E-state index contributed by atoms with van der Waals surface area (Å²) in [5.41, 5.74) is 13.3. The van der Waals surface area contributed by atoms with Crippen LogP contribution in [0.2, 0.25) is 0 Å². The Hall–Kier alpha value is -3.54. The first kappa shape index (κ1) is 18.3. The van der Waals surface area contributed by atoms with Gasteiger partial charge in [-0.3, -0.25) is 4.79 Å². The SMILES string of the molecule is CS(=O)(=O)NC(=O)c1cccc(NCc2cnc3nc(N)nc(N)c3n2)c1. The smallest absolute Gasteiger partial charge is 0.264 e. The molecular weight excluding hydrogens is 372 g/mol. The van der Waals surface area contributed by atoms with E-state index < -0.39 is 15.9 Å². The van der Waals surface area contributed by atoms with E-state index in [1.54, 1.807) is 12.1 Å². The molecule has 0 saturated carbocycles. The van der Waals surface area contributed by atoms with Crippen molar-refractivity contribution in [1.29, 1.82) is 0 Å². The average molecular weight is 388 g/mol. The number of amides is 1. The third-order valence-electron chi connectivity index (χ3n) is 3.38. The maximum atomic E-state index is 11.9. The van der Waals surface area contributed by atoms with Crippen LogP contribution in [0.1, 0.15) is 16.1 Å². The lowest BCUT2D eigenvalue weighted by atomic mass is 10.2. The standard InChI is InChI=1S/C15H16N8O3S/c1-27(25,26)23-14(24)8-3-2-4-9(5-8)18-6-10-7-19-13-11(20-10)12(16)21-15(17)22-13/h2-5,7,18H,6H2,1H3,(H,23,24)(H4,16,17,19,21,22). The minimum atomic E-state index is -3.64. The third kappa shape index (κ3) is 4.55. The fraction of sp³-hybridized carbons (Fsp3) is 0.133. The number of nitrogens with one attached hydrogen (secondary N) is 2. The fourth-order valence-corrected chi connectivity index (χ4v) is 2.71. The minimum Gasteiger partial charge on any atom is -0.382 e. The number of hydrogen-bond donors (Lipinski definition) is 4. The molecule has 0 fully saturated rings. The third-order valence-corrected chi connectivity index (χ3v) is 3.93. The second kappa shape index (κ2) is 6.99. The van der Waals surface area contributed by atoms with E-state index >= 15 is 0 Å². The topological polar surface area (TPSA) is 179 Å². The number of anilines is 3. The number of nitrogen functional groups attached to an aromatic ring is 2. The van der Waals surface area contributed by atoms with Crippen LogP contribution >= 0.6 is 0 Å². The van der Waals surface area contributed by atoms with Crippen molar-refractivity contribution in [3.63, 3.8) is 0 Å². The Bertz CT molecular complexity index is 1130. The highest BCUT2D eigenvalue weighted by molar-refractivity contribution is 7.89. The molecule has 27 heavy (non-hydrogen) atoms. The highest BCUT2D eigenvalue weighted by Gasteiger charge is 2.12. The number of sulfonamides is 1. The molecule has 0 bridgehead atoms. The van der Waals surface area contributed by atoms with E-state index in [0.717, 1.165) is 6.26 Å². The predicted molar refractivity (Wildman–Crippen MR) is 100 cm³/mol. The van der Waals surface area contributed by atoms with E-state index in [-0.39, 0.29) is 23.9 Å². The van der Waals surface area contributed by atoms with Gasteiger partial charge in [-0.2, -0.15) is 9.97 Å². The number of aromatic nitrogens is 4. The van der Waals surface area contributed by atoms with Gasteiger partial charge in [-0.15, -0.1) is 0 Å². The predicted octanol–water partition coefficient (Wildman–Crippen LogP) is -0.114. The van der Waals surface area contributed by atoms with E-state index in [1.807, 2.05) is 4.72 Å². The van der Waals surface area contributed by atoms with Crippen molar-refractivity contribution in [2.24, 2.45) is 0 Å². The van der Waals surface area contributed by atoms with Crippen LogP contribution in [0.4, 0.5) is 17.5 Å². The first-order valence-electron chi connectivity index (χ1n) is 7.62. The van der Waals surface area contributed by atoms with E-state index in [9.17, 15) is 13.2 Å². The Morgan fingerprint density at radius 3 is 2.70 bits per heavy atom. The maximum Gasteiger partial charge on any atom is 0.264 e. The van der Waals surface area contributed by atoms with Crippen LogP contribution in [0.3, 0.4) is 0 Å². The quantitative estimate of drug-likeness (QED) is 0.460. The van der Waals surface area contributed by atoms with Crippen molar-refractivity contribution < 1.29 is 13.2 Å². The molecule has 3 rings (SSSR count). The summed E-state index contributed by atoms with van der Waals surface area (Å²) >= 11 is 0. The van der Waals surface area contributed by atoms with Gasteiger partial charge in [0.25, 0.3) is 5.91 Å². The molecule has 0 radical (unpaired) electrons. The number of rotatable bonds is 5. The van der Waals surface area contributed by atoms with Crippen molar-refractivity contribution in [3.05, 3.63) is 41.7 Å². The van der Waals surface area contributed by atoms with Gasteiger partial charge in [0.1, 0.15) is 0 Å². The number of benzene rings is 1. The van der Waals surface area contributed by atoms with E-state index in [1.165, 1.54) is 18.3 Å². The molecule has 6 N–H and O–H groups in total. The van der Waals surface area contributed by atoms with Crippen LogP contribution in [0.5, 0.6) is 0 Å². The van der Waals surface area contributed by atoms with Gasteiger partial charge >= 0.3 is 0 Å². The molecule has 0 aliphatic carbocycles. The highest BCUT2D eigenvalue weighted by atomic mass is 32.2. The van der Waals surface area contributed by atoms with E-state index in [2.05, 4.69) is 25.3 Å².